The van der Waals surface area contributed by atoms with Gasteiger partial charge in [-0.1, -0.05) is 12.1 Å². The number of nitrogens with zero attached hydrogens (tertiary/aromatic N) is 4. The van der Waals surface area contributed by atoms with Crippen LogP contribution in [0, 0.1) is 3.57 Å². The molecule has 2 rings (SSSR count). The molecule has 0 aliphatic rings. The average Bonchev–Trinajstić information content (AvgIpc) is 2.77. The minimum absolute atomic E-state index is 0.117. The number of carboxylic acids is 1. The van der Waals surface area contributed by atoms with Crippen LogP contribution in [-0.2, 0) is 11.3 Å². The van der Waals surface area contributed by atoms with Crippen LogP contribution < -0.4 is 0 Å². The molecule has 1 N–H and O–H groups in total. The summed E-state index contributed by atoms with van der Waals surface area (Å²) >= 11 is 2.22. The molecule has 0 amide bonds. The fraction of sp³-hybridized carbons (Fsp3) is 0.273. The second-order valence-electron chi connectivity index (χ2n) is 3.73. The van der Waals surface area contributed by atoms with Crippen molar-refractivity contribution in [1.82, 2.24) is 20.2 Å². The summed E-state index contributed by atoms with van der Waals surface area (Å²) in [5, 5.41) is 20.1. The lowest BCUT2D eigenvalue weighted by Gasteiger charge is -2.03. The molecule has 0 atom stereocenters. The molecule has 0 spiro atoms. The van der Waals surface area contributed by atoms with E-state index in [2.05, 4.69) is 38.1 Å². The van der Waals surface area contributed by atoms with Crippen molar-refractivity contribution < 1.29 is 9.90 Å². The third kappa shape index (κ3) is 3.25. The van der Waals surface area contributed by atoms with Gasteiger partial charge in [0.1, 0.15) is 0 Å². The van der Waals surface area contributed by atoms with Crippen molar-refractivity contribution in [2.24, 2.45) is 0 Å². The van der Waals surface area contributed by atoms with Crippen molar-refractivity contribution in [3.05, 3.63) is 27.8 Å². The summed E-state index contributed by atoms with van der Waals surface area (Å²) < 4.78 is 2.74. The molecule has 1 aromatic carbocycles. The summed E-state index contributed by atoms with van der Waals surface area (Å²) in [5.74, 6) is -0.141. The molecule has 0 fully saturated rings. The van der Waals surface area contributed by atoms with Gasteiger partial charge in [0.05, 0.1) is 0 Å². The zero-order chi connectivity index (χ0) is 13.0. The van der Waals surface area contributed by atoms with E-state index in [1.165, 1.54) is 0 Å². The summed E-state index contributed by atoms with van der Waals surface area (Å²) in [6.07, 6.45) is 0.628. The molecule has 0 saturated carbocycles. The van der Waals surface area contributed by atoms with E-state index in [9.17, 15) is 4.79 Å². The fourth-order valence-corrected chi connectivity index (χ4v) is 2.11. The summed E-state index contributed by atoms with van der Waals surface area (Å²) in [6, 6.07) is 7.84. The Kier molecular flexibility index (Phi) is 4.24. The van der Waals surface area contributed by atoms with Gasteiger partial charge < -0.3 is 5.11 Å². The summed E-state index contributed by atoms with van der Waals surface area (Å²) in [5.41, 5.74) is 0.933. The Labute approximate surface area is 117 Å². The van der Waals surface area contributed by atoms with Gasteiger partial charge in [0, 0.05) is 22.1 Å². The van der Waals surface area contributed by atoms with Crippen molar-refractivity contribution in [3.8, 4) is 11.4 Å². The molecule has 18 heavy (non-hydrogen) atoms. The van der Waals surface area contributed by atoms with Crippen LogP contribution in [-0.4, -0.2) is 31.3 Å². The Morgan fingerprint density at radius 3 is 3.00 bits per heavy atom. The van der Waals surface area contributed by atoms with Gasteiger partial charge in [-0.25, -0.2) is 4.68 Å². The summed E-state index contributed by atoms with van der Waals surface area (Å²) in [4.78, 5) is 10.5. The number of carbonyl (C=O) groups is 1. The highest BCUT2D eigenvalue weighted by Gasteiger charge is 2.09. The SMILES string of the molecule is O=C(O)CCCn1nnnc1-c1cccc(I)c1. The highest BCUT2D eigenvalue weighted by atomic mass is 127. The lowest BCUT2D eigenvalue weighted by atomic mass is 10.2. The molecule has 0 unspecified atom stereocenters. The van der Waals surface area contributed by atoms with Crippen molar-refractivity contribution >= 4 is 28.6 Å². The predicted octanol–water partition coefficient (Wildman–Crippen LogP) is 1.81. The number of aromatic nitrogens is 4. The number of hydrogen-bond donors (Lipinski definition) is 1. The number of aryl methyl sites for hydroxylation is 1. The topological polar surface area (TPSA) is 80.9 Å². The maximum absolute atomic E-state index is 10.5. The van der Waals surface area contributed by atoms with Crippen LogP contribution in [0.3, 0.4) is 0 Å². The molecule has 0 radical (unpaired) electrons. The maximum atomic E-state index is 10.5. The minimum Gasteiger partial charge on any atom is -0.481 e. The van der Waals surface area contributed by atoms with E-state index in [1.807, 2.05) is 24.3 Å². The predicted molar refractivity (Wildman–Crippen MR) is 72.8 cm³/mol. The highest BCUT2D eigenvalue weighted by molar-refractivity contribution is 14.1. The van der Waals surface area contributed by atoms with Gasteiger partial charge in [-0.15, -0.1) is 5.10 Å². The minimum atomic E-state index is -0.807. The second-order valence-corrected chi connectivity index (χ2v) is 4.98. The first-order valence-corrected chi connectivity index (χ1v) is 6.48. The van der Waals surface area contributed by atoms with E-state index < -0.39 is 5.97 Å². The Bertz CT molecular complexity index is 555. The van der Waals surface area contributed by atoms with Crippen LogP contribution in [0.2, 0.25) is 0 Å². The van der Waals surface area contributed by atoms with Crippen LogP contribution in [0.4, 0.5) is 0 Å². The molecular weight excluding hydrogens is 347 g/mol. The van der Waals surface area contributed by atoms with Gasteiger partial charge >= 0.3 is 5.97 Å². The highest BCUT2D eigenvalue weighted by Crippen LogP contribution is 2.18. The molecule has 0 aliphatic heterocycles. The third-order valence-electron chi connectivity index (χ3n) is 2.38. The second kappa shape index (κ2) is 5.89. The van der Waals surface area contributed by atoms with Gasteiger partial charge in [0.2, 0.25) is 0 Å². The van der Waals surface area contributed by atoms with Gasteiger partial charge in [-0.05, 0) is 51.6 Å². The van der Waals surface area contributed by atoms with E-state index in [0.717, 1.165) is 9.13 Å². The molecule has 7 heteroatoms. The zero-order valence-corrected chi connectivity index (χ0v) is 11.6. The van der Waals surface area contributed by atoms with E-state index in [-0.39, 0.29) is 6.42 Å². The summed E-state index contributed by atoms with van der Waals surface area (Å²) in [7, 11) is 0. The normalized spacial score (nSPS) is 10.5. The van der Waals surface area contributed by atoms with Gasteiger partial charge in [0.15, 0.2) is 5.82 Å². The lowest BCUT2D eigenvalue weighted by molar-refractivity contribution is -0.137. The number of halogens is 1. The van der Waals surface area contributed by atoms with Crippen LogP contribution >= 0.6 is 22.6 Å². The lowest BCUT2D eigenvalue weighted by Crippen LogP contribution is -2.05. The van der Waals surface area contributed by atoms with E-state index in [1.54, 1.807) is 4.68 Å². The fourth-order valence-electron chi connectivity index (χ4n) is 1.57. The largest absolute Gasteiger partial charge is 0.481 e. The number of tetrazole rings is 1. The molecule has 94 valence electrons. The quantitative estimate of drug-likeness (QED) is 0.825. The standard InChI is InChI=1S/C11H11IN4O2/c12-9-4-1-3-8(7-9)11-13-14-15-16(11)6-2-5-10(17)18/h1,3-4,7H,2,5-6H2,(H,17,18). The van der Waals surface area contributed by atoms with Gasteiger partial charge in [-0.2, -0.15) is 0 Å². The van der Waals surface area contributed by atoms with Crippen molar-refractivity contribution in [3.63, 3.8) is 0 Å². The third-order valence-corrected chi connectivity index (χ3v) is 3.05. The van der Waals surface area contributed by atoms with Crippen LogP contribution in [0.15, 0.2) is 24.3 Å². The number of hydrogen-bond acceptors (Lipinski definition) is 4. The van der Waals surface area contributed by atoms with Crippen molar-refractivity contribution in [2.75, 3.05) is 0 Å². The van der Waals surface area contributed by atoms with Crippen LogP contribution in [0.25, 0.3) is 11.4 Å². The molecule has 6 nitrogen and oxygen atoms in total. The molecule has 1 aromatic heterocycles. The van der Waals surface area contributed by atoms with Crippen molar-refractivity contribution in [1.29, 1.82) is 0 Å². The Hall–Kier alpha value is -1.51. The number of rotatable bonds is 5. The molecule has 0 bridgehead atoms. The Balaban J connectivity index is 2.15. The Morgan fingerprint density at radius 2 is 2.28 bits per heavy atom. The maximum Gasteiger partial charge on any atom is 0.303 e. The first kappa shape index (κ1) is 12.9. The molecule has 0 saturated heterocycles. The first-order chi connectivity index (χ1) is 8.66. The van der Waals surface area contributed by atoms with Crippen molar-refractivity contribution in [2.45, 2.75) is 19.4 Å². The molecule has 0 aliphatic carbocycles. The van der Waals surface area contributed by atoms with Crippen LogP contribution in [0.5, 0.6) is 0 Å². The van der Waals surface area contributed by atoms with E-state index in [4.69, 9.17) is 5.11 Å². The van der Waals surface area contributed by atoms with E-state index in [0.29, 0.717) is 18.8 Å². The van der Waals surface area contributed by atoms with Gasteiger partial charge in [0.25, 0.3) is 0 Å². The molecular formula is C11H11IN4O2. The number of benzene rings is 1. The van der Waals surface area contributed by atoms with Gasteiger partial charge in [-0.3, -0.25) is 4.79 Å². The Morgan fingerprint density at radius 1 is 1.44 bits per heavy atom. The molecule has 2 aromatic rings. The van der Waals surface area contributed by atoms with Crippen LogP contribution in [0.1, 0.15) is 12.8 Å². The molecule has 1 heterocycles. The first-order valence-electron chi connectivity index (χ1n) is 5.41. The smallest absolute Gasteiger partial charge is 0.303 e. The average molecular weight is 358 g/mol. The monoisotopic (exact) mass is 358 g/mol. The summed E-state index contributed by atoms with van der Waals surface area (Å²) in [6.45, 7) is 0.500. The van der Waals surface area contributed by atoms with E-state index >= 15 is 0 Å². The number of aliphatic carboxylic acids is 1. The zero-order valence-electron chi connectivity index (χ0n) is 9.45. The number of carboxylic acid groups (broad SMARTS) is 1.